The first kappa shape index (κ1) is 23.1. The van der Waals surface area contributed by atoms with Gasteiger partial charge in [0, 0.05) is 30.6 Å². The first-order valence-corrected chi connectivity index (χ1v) is 10.2. The number of nitrogens with zero attached hydrogens (tertiary/aromatic N) is 1. The Morgan fingerprint density at radius 1 is 1.29 bits per heavy atom. The molecule has 7 heteroatoms. The van der Waals surface area contributed by atoms with E-state index in [2.05, 4.69) is 29.7 Å². The molecule has 1 heterocycles. The van der Waals surface area contributed by atoms with E-state index in [4.69, 9.17) is 14.5 Å². The molecule has 1 saturated carbocycles. The fourth-order valence-electron chi connectivity index (χ4n) is 3.86. The van der Waals surface area contributed by atoms with E-state index in [0.29, 0.717) is 19.7 Å². The van der Waals surface area contributed by atoms with Crippen LogP contribution in [-0.2, 0) is 13.0 Å². The molecule has 1 aliphatic carbocycles. The monoisotopic (exact) mass is 503 g/mol. The topological polar surface area (TPSA) is 75.1 Å². The van der Waals surface area contributed by atoms with Crippen LogP contribution < -0.4 is 20.1 Å². The third-order valence-electron chi connectivity index (χ3n) is 5.25. The maximum Gasteiger partial charge on any atom is 0.191 e. The number of aliphatic imine (C=N–C) groups is 1. The smallest absolute Gasteiger partial charge is 0.191 e. The van der Waals surface area contributed by atoms with Crippen LogP contribution in [0.4, 0.5) is 0 Å². The first-order valence-electron chi connectivity index (χ1n) is 10.2. The normalized spacial score (nSPS) is 20.1. The van der Waals surface area contributed by atoms with E-state index in [1.165, 1.54) is 5.56 Å². The number of nitrogens with one attached hydrogen (secondary N) is 2. The number of halogens is 1. The summed E-state index contributed by atoms with van der Waals surface area (Å²) in [7, 11) is 0. The van der Waals surface area contributed by atoms with Crippen molar-refractivity contribution in [3.63, 3.8) is 0 Å². The van der Waals surface area contributed by atoms with E-state index in [1.807, 2.05) is 13.8 Å². The number of hydrogen-bond acceptors (Lipinski definition) is 4. The molecular formula is C21H34IN3O3. The molecule has 1 fully saturated rings. The lowest BCUT2D eigenvalue weighted by molar-refractivity contribution is 0.0522. The third-order valence-corrected chi connectivity index (χ3v) is 5.25. The molecule has 1 aromatic rings. The lowest BCUT2D eigenvalue weighted by Crippen LogP contribution is -2.46. The lowest BCUT2D eigenvalue weighted by atomic mass is 10.0. The van der Waals surface area contributed by atoms with Gasteiger partial charge in [-0.15, -0.1) is 24.0 Å². The van der Waals surface area contributed by atoms with Crippen LogP contribution in [-0.4, -0.2) is 42.5 Å². The van der Waals surface area contributed by atoms with Gasteiger partial charge in [0.05, 0.1) is 18.8 Å². The van der Waals surface area contributed by atoms with Gasteiger partial charge in [0.2, 0.25) is 0 Å². The SMILES string of the molecule is CCNC(=NCc1cc2c(cc1OCC)CC(C)O2)NCC1(O)CCCC1.I. The van der Waals surface area contributed by atoms with Crippen molar-refractivity contribution in [2.75, 3.05) is 19.7 Å². The second kappa shape index (κ2) is 10.5. The Bertz CT molecular complexity index is 675. The highest BCUT2D eigenvalue weighted by atomic mass is 127. The van der Waals surface area contributed by atoms with Gasteiger partial charge >= 0.3 is 0 Å². The molecule has 2 aliphatic rings. The van der Waals surface area contributed by atoms with Gasteiger partial charge < -0.3 is 25.2 Å². The molecule has 1 aliphatic heterocycles. The summed E-state index contributed by atoms with van der Waals surface area (Å²) in [6.07, 6.45) is 5.03. The number of fused-ring (bicyclic) bond motifs is 1. The molecule has 0 saturated heterocycles. The third kappa shape index (κ3) is 5.89. The molecule has 0 bridgehead atoms. The summed E-state index contributed by atoms with van der Waals surface area (Å²) in [4.78, 5) is 4.71. The molecule has 6 nitrogen and oxygen atoms in total. The summed E-state index contributed by atoms with van der Waals surface area (Å²) in [6, 6.07) is 4.15. The largest absolute Gasteiger partial charge is 0.494 e. The van der Waals surface area contributed by atoms with Gasteiger partial charge in [-0.2, -0.15) is 0 Å². The Balaban J connectivity index is 0.00000280. The molecule has 0 radical (unpaired) electrons. The predicted molar refractivity (Wildman–Crippen MR) is 123 cm³/mol. The van der Waals surface area contributed by atoms with Gasteiger partial charge in [0.15, 0.2) is 5.96 Å². The van der Waals surface area contributed by atoms with E-state index in [0.717, 1.165) is 61.7 Å². The molecular weight excluding hydrogens is 469 g/mol. The Hall–Kier alpha value is -1.22. The summed E-state index contributed by atoms with van der Waals surface area (Å²) in [5, 5.41) is 17.1. The van der Waals surface area contributed by atoms with Crippen molar-refractivity contribution >= 4 is 29.9 Å². The summed E-state index contributed by atoms with van der Waals surface area (Å²) in [6.45, 7) is 8.53. The van der Waals surface area contributed by atoms with Crippen LogP contribution in [0.3, 0.4) is 0 Å². The second-order valence-corrected chi connectivity index (χ2v) is 7.61. The summed E-state index contributed by atoms with van der Waals surface area (Å²) >= 11 is 0. The van der Waals surface area contributed by atoms with Crippen molar-refractivity contribution in [1.82, 2.24) is 10.6 Å². The quantitative estimate of drug-likeness (QED) is 0.302. The molecule has 158 valence electrons. The standard InChI is InChI=1S/C21H33N3O3.HI/c1-4-22-20(24-14-21(25)8-6-7-9-21)23-13-17-12-19-16(10-15(3)27-19)11-18(17)26-5-2;/h11-12,15,25H,4-10,13-14H2,1-3H3,(H2,22,23,24);1H. The highest BCUT2D eigenvalue weighted by molar-refractivity contribution is 14.0. The van der Waals surface area contributed by atoms with Gasteiger partial charge in [-0.1, -0.05) is 12.8 Å². The number of aliphatic hydroxyl groups is 1. The highest BCUT2D eigenvalue weighted by Gasteiger charge is 2.31. The molecule has 0 amide bonds. The Morgan fingerprint density at radius 2 is 2.04 bits per heavy atom. The molecule has 1 unspecified atom stereocenters. The molecule has 28 heavy (non-hydrogen) atoms. The first-order chi connectivity index (χ1) is 13.0. The van der Waals surface area contributed by atoms with Crippen LogP contribution in [0, 0.1) is 0 Å². The van der Waals surface area contributed by atoms with Crippen LogP contribution in [0.2, 0.25) is 0 Å². The zero-order chi connectivity index (χ0) is 19.3. The summed E-state index contributed by atoms with van der Waals surface area (Å²) in [5.74, 6) is 2.53. The minimum absolute atomic E-state index is 0. The van der Waals surface area contributed by atoms with E-state index < -0.39 is 5.60 Å². The van der Waals surface area contributed by atoms with Crippen LogP contribution in [0.1, 0.15) is 57.6 Å². The van der Waals surface area contributed by atoms with Crippen molar-refractivity contribution in [2.24, 2.45) is 4.99 Å². The maximum absolute atomic E-state index is 10.6. The fourth-order valence-corrected chi connectivity index (χ4v) is 3.86. The molecule has 0 aromatic heterocycles. The summed E-state index contributed by atoms with van der Waals surface area (Å²) < 4.78 is 11.7. The number of rotatable bonds is 7. The van der Waals surface area contributed by atoms with Crippen LogP contribution in [0.15, 0.2) is 17.1 Å². The lowest BCUT2D eigenvalue weighted by Gasteiger charge is -2.24. The zero-order valence-electron chi connectivity index (χ0n) is 17.2. The molecule has 3 rings (SSSR count). The zero-order valence-corrected chi connectivity index (χ0v) is 19.5. The average Bonchev–Trinajstić information content (AvgIpc) is 3.22. The number of guanidine groups is 1. The summed E-state index contributed by atoms with van der Waals surface area (Å²) in [5.41, 5.74) is 1.61. The van der Waals surface area contributed by atoms with Gasteiger partial charge in [-0.05, 0) is 45.7 Å². The van der Waals surface area contributed by atoms with Crippen molar-refractivity contribution < 1.29 is 14.6 Å². The number of ether oxygens (including phenoxy) is 2. The van der Waals surface area contributed by atoms with E-state index in [1.54, 1.807) is 0 Å². The van der Waals surface area contributed by atoms with Crippen molar-refractivity contribution in [3.05, 3.63) is 23.3 Å². The Morgan fingerprint density at radius 3 is 2.71 bits per heavy atom. The Labute approximate surface area is 185 Å². The van der Waals surface area contributed by atoms with E-state index in [-0.39, 0.29) is 30.1 Å². The van der Waals surface area contributed by atoms with Crippen molar-refractivity contribution in [1.29, 1.82) is 0 Å². The van der Waals surface area contributed by atoms with Crippen LogP contribution in [0.25, 0.3) is 0 Å². The number of benzene rings is 1. The molecule has 1 aromatic carbocycles. The van der Waals surface area contributed by atoms with Gasteiger partial charge in [-0.25, -0.2) is 4.99 Å². The van der Waals surface area contributed by atoms with Gasteiger partial charge in [0.1, 0.15) is 17.6 Å². The average molecular weight is 503 g/mol. The second-order valence-electron chi connectivity index (χ2n) is 7.61. The van der Waals surface area contributed by atoms with E-state index >= 15 is 0 Å². The van der Waals surface area contributed by atoms with Crippen molar-refractivity contribution in [3.8, 4) is 11.5 Å². The minimum Gasteiger partial charge on any atom is -0.494 e. The molecule has 3 N–H and O–H groups in total. The predicted octanol–water partition coefficient (Wildman–Crippen LogP) is 3.39. The van der Waals surface area contributed by atoms with Crippen LogP contribution >= 0.6 is 24.0 Å². The molecule has 1 atom stereocenters. The maximum atomic E-state index is 10.6. The van der Waals surface area contributed by atoms with Crippen LogP contribution in [0.5, 0.6) is 11.5 Å². The molecule has 0 spiro atoms. The minimum atomic E-state index is -0.607. The fraction of sp³-hybridized carbons (Fsp3) is 0.667. The Kier molecular flexibility index (Phi) is 8.67. The van der Waals surface area contributed by atoms with Gasteiger partial charge in [0.25, 0.3) is 0 Å². The van der Waals surface area contributed by atoms with Gasteiger partial charge in [-0.3, -0.25) is 0 Å². The van der Waals surface area contributed by atoms with Crippen molar-refractivity contribution in [2.45, 2.75) is 71.1 Å². The number of hydrogen-bond donors (Lipinski definition) is 3. The highest BCUT2D eigenvalue weighted by Crippen LogP contribution is 2.35. The van der Waals surface area contributed by atoms with E-state index in [9.17, 15) is 5.11 Å².